The Morgan fingerprint density at radius 3 is 2.67 bits per heavy atom. The predicted molar refractivity (Wildman–Crippen MR) is 98.2 cm³/mol. The summed E-state index contributed by atoms with van der Waals surface area (Å²) in [6.07, 6.45) is 4.98. The van der Waals surface area contributed by atoms with Crippen LogP contribution in [0.1, 0.15) is 22.5 Å². The lowest BCUT2D eigenvalue weighted by Gasteiger charge is -2.15. The number of benzene rings is 1. The molecule has 2 aromatic rings. The summed E-state index contributed by atoms with van der Waals surface area (Å²) in [4.78, 5) is 18.1. The van der Waals surface area contributed by atoms with Gasteiger partial charge in [0, 0.05) is 26.8 Å². The summed E-state index contributed by atoms with van der Waals surface area (Å²) < 4.78 is 0. The van der Waals surface area contributed by atoms with Crippen molar-refractivity contribution in [2.75, 3.05) is 27.2 Å². The number of pyridine rings is 1. The highest BCUT2D eigenvalue weighted by atomic mass is 35.5. The van der Waals surface area contributed by atoms with Gasteiger partial charge in [-0.15, -0.1) is 0 Å². The fourth-order valence-electron chi connectivity index (χ4n) is 2.75. The molecule has 0 spiro atoms. The minimum atomic E-state index is -0.0955. The Morgan fingerprint density at radius 1 is 1.21 bits per heavy atom. The van der Waals surface area contributed by atoms with E-state index in [0.717, 1.165) is 36.3 Å². The maximum absolute atomic E-state index is 12.1. The molecule has 5 heteroatoms. The number of rotatable bonds is 3. The Bertz CT molecular complexity index is 799. The van der Waals surface area contributed by atoms with E-state index in [9.17, 15) is 4.79 Å². The Hall–Kier alpha value is -2.17. The van der Waals surface area contributed by atoms with Gasteiger partial charge in [0.05, 0.1) is 16.3 Å². The van der Waals surface area contributed by atoms with E-state index in [-0.39, 0.29) is 5.91 Å². The molecule has 0 saturated carbocycles. The number of halogens is 1. The number of carbonyl (C=O) groups is 1. The van der Waals surface area contributed by atoms with Crippen LogP contribution in [-0.4, -0.2) is 43.0 Å². The normalized spacial score (nSPS) is 14.2. The van der Waals surface area contributed by atoms with E-state index >= 15 is 0 Å². The van der Waals surface area contributed by atoms with Crippen molar-refractivity contribution < 1.29 is 4.79 Å². The molecule has 1 aliphatic heterocycles. The van der Waals surface area contributed by atoms with Gasteiger partial charge >= 0.3 is 0 Å². The maximum Gasteiger partial charge on any atom is 0.254 e. The van der Waals surface area contributed by atoms with Gasteiger partial charge in [-0.2, -0.15) is 0 Å². The number of hydrogen-bond donors (Lipinski definition) is 1. The number of nitrogens with one attached hydrogen (secondary N) is 1. The molecule has 0 aliphatic carbocycles. The second kappa shape index (κ2) is 7.16. The van der Waals surface area contributed by atoms with Crippen LogP contribution in [0.4, 0.5) is 0 Å². The smallest absolute Gasteiger partial charge is 0.254 e. The molecule has 3 rings (SSSR count). The number of carbonyl (C=O) groups excluding carboxylic acids is 1. The minimum Gasteiger partial charge on any atom is -0.345 e. The van der Waals surface area contributed by atoms with Gasteiger partial charge in [0.1, 0.15) is 0 Å². The van der Waals surface area contributed by atoms with Crippen molar-refractivity contribution in [2.45, 2.75) is 6.42 Å². The fourth-order valence-corrected chi connectivity index (χ4v) is 3.01. The highest BCUT2D eigenvalue weighted by Crippen LogP contribution is 2.28. The van der Waals surface area contributed by atoms with Crippen LogP contribution in [-0.2, 0) is 0 Å². The molecular formula is C19H20ClN3O. The number of hydrogen-bond acceptors (Lipinski definition) is 3. The molecule has 4 nitrogen and oxygen atoms in total. The third-order valence-electron chi connectivity index (χ3n) is 4.09. The van der Waals surface area contributed by atoms with E-state index < -0.39 is 0 Å². The first-order valence-electron chi connectivity index (χ1n) is 7.94. The van der Waals surface area contributed by atoms with E-state index in [1.165, 1.54) is 10.5 Å². The van der Waals surface area contributed by atoms with Crippen LogP contribution in [0.25, 0.3) is 16.7 Å². The van der Waals surface area contributed by atoms with Crippen molar-refractivity contribution in [2.24, 2.45) is 0 Å². The lowest BCUT2D eigenvalue weighted by Crippen LogP contribution is -2.21. The third-order valence-corrected chi connectivity index (χ3v) is 4.40. The number of aromatic nitrogens is 1. The van der Waals surface area contributed by atoms with E-state index in [1.807, 2.05) is 24.4 Å². The maximum atomic E-state index is 12.1. The molecule has 0 saturated heterocycles. The molecule has 1 N–H and O–H groups in total. The summed E-state index contributed by atoms with van der Waals surface area (Å²) >= 11 is 6.32. The fraction of sp³-hybridized carbons (Fsp3) is 0.263. The molecule has 1 aromatic carbocycles. The second-order valence-corrected chi connectivity index (χ2v) is 6.41. The van der Waals surface area contributed by atoms with E-state index in [4.69, 9.17) is 11.6 Å². The molecule has 0 unspecified atom stereocenters. The highest BCUT2D eigenvalue weighted by molar-refractivity contribution is 6.34. The lowest BCUT2D eigenvalue weighted by atomic mass is 10.00. The van der Waals surface area contributed by atoms with Crippen molar-refractivity contribution in [3.63, 3.8) is 0 Å². The van der Waals surface area contributed by atoms with Gasteiger partial charge in [0.25, 0.3) is 5.91 Å². The Balaban J connectivity index is 1.93. The average molecular weight is 342 g/mol. The van der Waals surface area contributed by atoms with E-state index in [2.05, 4.69) is 22.4 Å². The molecule has 2 heterocycles. The van der Waals surface area contributed by atoms with Crippen molar-refractivity contribution in [3.8, 4) is 11.1 Å². The molecule has 1 amide bonds. The number of amides is 1. The predicted octanol–water partition coefficient (Wildman–Crippen LogP) is 3.48. The average Bonchev–Trinajstić information content (AvgIpc) is 2.62. The summed E-state index contributed by atoms with van der Waals surface area (Å²) in [6.45, 7) is 1.86. The van der Waals surface area contributed by atoms with Crippen molar-refractivity contribution in [1.29, 1.82) is 0 Å². The van der Waals surface area contributed by atoms with Gasteiger partial charge in [-0.1, -0.05) is 23.7 Å². The zero-order chi connectivity index (χ0) is 17.1. The van der Waals surface area contributed by atoms with Gasteiger partial charge in [-0.25, -0.2) is 0 Å². The van der Waals surface area contributed by atoms with Gasteiger partial charge < -0.3 is 10.2 Å². The monoisotopic (exact) mass is 341 g/mol. The van der Waals surface area contributed by atoms with Crippen LogP contribution in [0, 0.1) is 0 Å². The quantitative estimate of drug-likeness (QED) is 0.929. The lowest BCUT2D eigenvalue weighted by molar-refractivity contribution is 0.0828. The summed E-state index contributed by atoms with van der Waals surface area (Å²) in [7, 11) is 3.43. The molecule has 124 valence electrons. The summed E-state index contributed by atoms with van der Waals surface area (Å²) in [5.41, 5.74) is 4.80. The summed E-state index contributed by atoms with van der Waals surface area (Å²) in [5.74, 6) is -0.0955. The van der Waals surface area contributed by atoms with Crippen molar-refractivity contribution >= 4 is 23.1 Å². The molecule has 0 radical (unpaired) electrons. The first kappa shape index (κ1) is 16.7. The van der Waals surface area contributed by atoms with Crippen LogP contribution in [0.5, 0.6) is 0 Å². The molecule has 0 fully saturated rings. The topological polar surface area (TPSA) is 45.2 Å². The van der Waals surface area contributed by atoms with Gasteiger partial charge in [-0.05, 0) is 53.9 Å². The summed E-state index contributed by atoms with van der Waals surface area (Å²) in [6, 6.07) is 9.59. The minimum absolute atomic E-state index is 0.0955. The molecular weight excluding hydrogens is 322 g/mol. The molecule has 0 atom stereocenters. The SMILES string of the molecule is CN(C)C(=O)c1ccc(-c2ccnc(C3=CCNCC3)c2)cc1Cl. The van der Waals surface area contributed by atoms with E-state index in [0.29, 0.717) is 10.6 Å². The first-order valence-corrected chi connectivity index (χ1v) is 8.32. The Labute approximate surface area is 147 Å². The van der Waals surface area contributed by atoms with Crippen molar-refractivity contribution in [1.82, 2.24) is 15.2 Å². The van der Waals surface area contributed by atoms with Gasteiger partial charge in [-0.3, -0.25) is 9.78 Å². The highest BCUT2D eigenvalue weighted by Gasteiger charge is 2.14. The van der Waals surface area contributed by atoms with Crippen LogP contribution in [0.2, 0.25) is 5.02 Å². The van der Waals surface area contributed by atoms with Crippen LogP contribution >= 0.6 is 11.6 Å². The zero-order valence-corrected chi connectivity index (χ0v) is 14.6. The Morgan fingerprint density at radius 2 is 2.00 bits per heavy atom. The van der Waals surface area contributed by atoms with E-state index in [1.54, 1.807) is 20.2 Å². The van der Waals surface area contributed by atoms with Gasteiger partial charge in [0.2, 0.25) is 0 Å². The Kier molecular flexibility index (Phi) is 4.97. The summed E-state index contributed by atoms with van der Waals surface area (Å²) in [5, 5.41) is 3.77. The standard InChI is InChI=1S/C19H20ClN3O/c1-23(2)19(24)16-4-3-14(11-17(16)20)15-7-10-22-18(12-15)13-5-8-21-9-6-13/h3-5,7,10-12,21H,6,8-9H2,1-2H3. The van der Waals surface area contributed by atoms with Crippen LogP contribution < -0.4 is 5.32 Å². The number of nitrogens with zero attached hydrogens (tertiary/aromatic N) is 2. The largest absolute Gasteiger partial charge is 0.345 e. The molecule has 1 aliphatic rings. The third kappa shape index (κ3) is 3.50. The molecule has 0 bridgehead atoms. The van der Waals surface area contributed by atoms with Crippen molar-refractivity contribution in [3.05, 3.63) is 58.9 Å². The van der Waals surface area contributed by atoms with Crippen LogP contribution in [0.3, 0.4) is 0 Å². The second-order valence-electron chi connectivity index (χ2n) is 6.01. The zero-order valence-electron chi connectivity index (χ0n) is 13.8. The van der Waals surface area contributed by atoms with Crippen LogP contribution in [0.15, 0.2) is 42.6 Å². The molecule has 1 aromatic heterocycles. The van der Waals surface area contributed by atoms with Gasteiger partial charge in [0.15, 0.2) is 0 Å². The molecule has 24 heavy (non-hydrogen) atoms. The first-order chi connectivity index (χ1) is 11.6.